The summed E-state index contributed by atoms with van der Waals surface area (Å²) in [4.78, 5) is 0. The van der Waals surface area contributed by atoms with E-state index in [1.165, 1.54) is 0 Å². The number of nitrogens with two attached hydrogens (primary N) is 1. The second kappa shape index (κ2) is 6.02. The van der Waals surface area contributed by atoms with E-state index >= 15 is 0 Å². The molecule has 0 amide bonds. The van der Waals surface area contributed by atoms with Crippen molar-refractivity contribution < 1.29 is 5.11 Å². The van der Waals surface area contributed by atoms with Crippen molar-refractivity contribution in [3.05, 3.63) is 46.5 Å². The van der Waals surface area contributed by atoms with Crippen LogP contribution in [0.2, 0.25) is 0 Å². The van der Waals surface area contributed by atoms with E-state index in [4.69, 9.17) is 5.73 Å². The lowest BCUT2D eigenvalue weighted by atomic mass is 9.84. The Kier molecular flexibility index (Phi) is 3.91. The highest BCUT2D eigenvalue weighted by Gasteiger charge is 2.24. The Hall–Kier alpha value is -2.98. The monoisotopic (exact) mass is 303 g/mol. The third kappa shape index (κ3) is 2.49. The second-order valence-corrected chi connectivity index (χ2v) is 5.83. The molecule has 1 aliphatic carbocycles. The summed E-state index contributed by atoms with van der Waals surface area (Å²) in [5.74, 6) is 0.181. The number of phenols is 1. The minimum absolute atomic E-state index is 0.181. The van der Waals surface area contributed by atoms with Gasteiger partial charge >= 0.3 is 0 Å². The van der Waals surface area contributed by atoms with Gasteiger partial charge in [0, 0.05) is 5.56 Å². The Labute approximate surface area is 135 Å². The van der Waals surface area contributed by atoms with Gasteiger partial charge in [0.2, 0.25) is 0 Å². The molecule has 0 aliphatic heterocycles. The van der Waals surface area contributed by atoms with Gasteiger partial charge in [-0.1, -0.05) is 18.6 Å². The molecular weight excluding hydrogens is 286 g/mol. The van der Waals surface area contributed by atoms with Gasteiger partial charge in [-0.2, -0.15) is 10.5 Å². The molecule has 0 aromatic heterocycles. The Balaban J connectivity index is 2.38. The van der Waals surface area contributed by atoms with Crippen LogP contribution in [0.3, 0.4) is 0 Å². The minimum Gasteiger partial charge on any atom is -0.508 e. The summed E-state index contributed by atoms with van der Waals surface area (Å²) >= 11 is 0. The third-order valence-electron chi connectivity index (χ3n) is 4.49. The number of fused-ring (bicyclic) bond motifs is 1. The van der Waals surface area contributed by atoms with E-state index in [2.05, 4.69) is 12.1 Å². The highest BCUT2D eigenvalue weighted by Crippen LogP contribution is 2.39. The number of benzene rings is 2. The number of phenolic OH excluding ortho intramolecular Hbond substituents is 1. The fourth-order valence-electron chi connectivity index (χ4n) is 3.40. The van der Waals surface area contributed by atoms with Crippen LogP contribution in [0, 0.1) is 22.7 Å². The molecule has 4 nitrogen and oxygen atoms in total. The van der Waals surface area contributed by atoms with Crippen molar-refractivity contribution in [1.29, 1.82) is 10.5 Å². The number of nitriles is 2. The van der Waals surface area contributed by atoms with Crippen LogP contribution in [0.4, 0.5) is 5.69 Å². The number of anilines is 1. The third-order valence-corrected chi connectivity index (χ3v) is 4.49. The molecule has 0 radical (unpaired) electrons. The minimum atomic E-state index is 0.181. The van der Waals surface area contributed by atoms with E-state index in [-0.39, 0.29) is 11.4 Å². The average Bonchev–Trinajstić information content (AvgIpc) is 2.80. The van der Waals surface area contributed by atoms with Crippen molar-refractivity contribution in [1.82, 2.24) is 0 Å². The molecule has 114 valence electrons. The van der Waals surface area contributed by atoms with E-state index in [0.29, 0.717) is 11.1 Å². The number of nitrogens with zero attached hydrogens (tertiary/aromatic N) is 2. The molecule has 3 rings (SSSR count). The summed E-state index contributed by atoms with van der Waals surface area (Å²) in [6, 6.07) is 11.2. The topological polar surface area (TPSA) is 93.8 Å². The zero-order valence-corrected chi connectivity index (χ0v) is 12.8. The fourth-order valence-corrected chi connectivity index (χ4v) is 3.40. The summed E-state index contributed by atoms with van der Waals surface area (Å²) in [7, 11) is 0. The van der Waals surface area contributed by atoms with Crippen molar-refractivity contribution in [2.75, 3.05) is 5.73 Å². The molecule has 1 aliphatic rings. The smallest absolute Gasteiger partial charge is 0.115 e. The lowest BCUT2D eigenvalue weighted by Crippen LogP contribution is -2.07. The van der Waals surface area contributed by atoms with Crippen LogP contribution in [-0.4, -0.2) is 5.11 Å². The van der Waals surface area contributed by atoms with Crippen molar-refractivity contribution in [3.63, 3.8) is 0 Å². The molecule has 4 heteroatoms. The largest absolute Gasteiger partial charge is 0.508 e. The maximum atomic E-state index is 9.62. The van der Waals surface area contributed by atoms with Crippen molar-refractivity contribution in [2.45, 2.75) is 32.1 Å². The van der Waals surface area contributed by atoms with Gasteiger partial charge in [-0.3, -0.25) is 0 Å². The molecule has 0 saturated heterocycles. The van der Waals surface area contributed by atoms with Crippen molar-refractivity contribution >= 4 is 5.69 Å². The second-order valence-electron chi connectivity index (χ2n) is 5.83. The van der Waals surface area contributed by atoms with Gasteiger partial charge < -0.3 is 10.8 Å². The summed E-state index contributed by atoms with van der Waals surface area (Å²) in [5, 5.41) is 28.6. The predicted molar refractivity (Wildman–Crippen MR) is 88.6 cm³/mol. The van der Waals surface area contributed by atoms with Gasteiger partial charge in [0.05, 0.1) is 16.8 Å². The van der Waals surface area contributed by atoms with Crippen LogP contribution in [0.25, 0.3) is 11.1 Å². The molecule has 23 heavy (non-hydrogen) atoms. The van der Waals surface area contributed by atoms with Crippen molar-refractivity contribution in [3.8, 4) is 29.0 Å². The molecule has 0 spiro atoms. The van der Waals surface area contributed by atoms with Crippen LogP contribution >= 0.6 is 0 Å². The number of nitrogen functional groups attached to an aromatic ring is 1. The summed E-state index contributed by atoms with van der Waals surface area (Å²) in [6.07, 6.45) is 4.84. The molecule has 2 aromatic rings. The van der Waals surface area contributed by atoms with Gasteiger partial charge in [-0.05, 0) is 54.5 Å². The van der Waals surface area contributed by atoms with Gasteiger partial charge in [0.1, 0.15) is 17.9 Å². The number of hydrogen-bond donors (Lipinski definition) is 2. The highest BCUT2D eigenvalue weighted by atomic mass is 16.3. The molecule has 0 fully saturated rings. The van der Waals surface area contributed by atoms with Gasteiger partial charge in [-0.15, -0.1) is 0 Å². The molecule has 3 N–H and O–H groups in total. The van der Waals surface area contributed by atoms with E-state index < -0.39 is 0 Å². The Bertz CT molecular complexity index is 839. The molecule has 2 aromatic carbocycles. The molecular formula is C19H17N3O. The SMILES string of the molecule is N#Cc1c(N)c(C#N)c(-c2ccc(O)cc2)c2c1CCCCC2. The highest BCUT2D eigenvalue weighted by molar-refractivity contribution is 5.85. The van der Waals surface area contributed by atoms with Crippen molar-refractivity contribution in [2.24, 2.45) is 0 Å². The van der Waals surface area contributed by atoms with E-state index in [0.717, 1.165) is 54.4 Å². The molecule has 0 atom stereocenters. The van der Waals surface area contributed by atoms with Crippen LogP contribution < -0.4 is 5.73 Å². The first-order valence-corrected chi connectivity index (χ1v) is 7.74. The summed E-state index contributed by atoms with van der Waals surface area (Å²) < 4.78 is 0. The van der Waals surface area contributed by atoms with E-state index in [1.54, 1.807) is 24.3 Å². The molecule has 0 saturated carbocycles. The van der Waals surface area contributed by atoms with Gasteiger partial charge in [-0.25, -0.2) is 0 Å². The first-order valence-electron chi connectivity index (χ1n) is 7.74. The average molecular weight is 303 g/mol. The van der Waals surface area contributed by atoms with Crippen LogP contribution in [0.5, 0.6) is 5.75 Å². The molecule has 0 bridgehead atoms. The first-order chi connectivity index (χ1) is 11.2. The maximum absolute atomic E-state index is 9.62. The fraction of sp³-hybridized carbons (Fsp3) is 0.263. The Morgan fingerprint density at radius 2 is 1.48 bits per heavy atom. The number of rotatable bonds is 1. The molecule has 0 unspecified atom stereocenters. The zero-order valence-electron chi connectivity index (χ0n) is 12.8. The quantitative estimate of drug-likeness (QED) is 0.621. The van der Waals surface area contributed by atoms with E-state index in [1.807, 2.05) is 0 Å². The summed E-state index contributed by atoms with van der Waals surface area (Å²) in [6.45, 7) is 0. The van der Waals surface area contributed by atoms with Gasteiger partial charge in [0.15, 0.2) is 0 Å². The molecule has 0 heterocycles. The zero-order chi connectivity index (χ0) is 16.4. The Morgan fingerprint density at radius 3 is 2.09 bits per heavy atom. The number of aromatic hydroxyl groups is 1. The van der Waals surface area contributed by atoms with Crippen LogP contribution in [0.1, 0.15) is 41.5 Å². The maximum Gasteiger partial charge on any atom is 0.115 e. The van der Waals surface area contributed by atoms with Gasteiger partial charge in [0.25, 0.3) is 0 Å². The standard InChI is InChI=1S/C19H17N3O/c20-10-16-14-4-2-1-3-5-15(14)18(17(11-21)19(16)22)12-6-8-13(23)9-7-12/h6-9,23H,1-5,22H2. The normalized spacial score (nSPS) is 13.5. The lowest BCUT2D eigenvalue weighted by Gasteiger charge is -2.19. The van der Waals surface area contributed by atoms with Crippen LogP contribution in [-0.2, 0) is 12.8 Å². The first kappa shape index (κ1) is 14.9. The van der Waals surface area contributed by atoms with Crippen LogP contribution in [0.15, 0.2) is 24.3 Å². The summed E-state index contributed by atoms with van der Waals surface area (Å²) in [5.41, 5.74) is 11.0. The number of hydrogen-bond acceptors (Lipinski definition) is 4. The van der Waals surface area contributed by atoms with E-state index in [9.17, 15) is 15.6 Å². The predicted octanol–water partition coefficient (Wildman–Crippen LogP) is 3.65. The lowest BCUT2D eigenvalue weighted by molar-refractivity contribution is 0.475. The Morgan fingerprint density at radius 1 is 0.870 bits per heavy atom.